The van der Waals surface area contributed by atoms with Crippen LogP contribution >= 0.6 is 11.6 Å². The maximum absolute atomic E-state index is 13.9. The second kappa shape index (κ2) is 8.12. The zero-order valence-electron chi connectivity index (χ0n) is 14.3. The Bertz CT molecular complexity index is 774. The Labute approximate surface area is 151 Å². The fourth-order valence-corrected chi connectivity index (χ4v) is 2.57. The van der Waals surface area contributed by atoms with E-state index in [1.54, 1.807) is 44.3 Å². The standard InChI is InChI=1S/C19H19ClFNO3/c1-12(23)14-6-4-7-15(10-14)25-13(2)19(24)22(3)11-16-17(20)8-5-9-18(16)21/h4-10,13H,11H2,1-3H3. The first kappa shape index (κ1) is 18.9. The number of carbonyl (C=O) groups excluding carboxylic acids is 2. The third kappa shape index (κ3) is 4.79. The minimum absolute atomic E-state index is 0.0333. The zero-order chi connectivity index (χ0) is 18.6. The van der Waals surface area contributed by atoms with Crippen molar-refractivity contribution < 1.29 is 18.7 Å². The molecule has 0 aliphatic heterocycles. The summed E-state index contributed by atoms with van der Waals surface area (Å²) in [7, 11) is 1.55. The molecule has 0 bridgehead atoms. The van der Waals surface area contributed by atoms with Crippen molar-refractivity contribution in [2.45, 2.75) is 26.5 Å². The molecular weight excluding hydrogens is 345 g/mol. The fraction of sp³-hybridized carbons (Fsp3) is 0.263. The van der Waals surface area contributed by atoms with Gasteiger partial charge in [-0.15, -0.1) is 0 Å². The minimum atomic E-state index is -0.794. The SMILES string of the molecule is CC(=O)c1cccc(OC(C)C(=O)N(C)Cc2c(F)cccc2Cl)c1. The summed E-state index contributed by atoms with van der Waals surface area (Å²) in [4.78, 5) is 25.2. The highest BCUT2D eigenvalue weighted by Crippen LogP contribution is 2.21. The molecule has 0 N–H and O–H groups in total. The predicted molar refractivity (Wildman–Crippen MR) is 94.4 cm³/mol. The molecule has 0 aromatic heterocycles. The van der Waals surface area contributed by atoms with E-state index >= 15 is 0 Å². The molecule has 0 aliphatic carbocycles. The molecule has 0 spiro atoms. The van der Waals surface area contributed by atoms with Gasteiger partial charge in [-0.2, -0.15) is 0 Å². The van der Waals surface area contributed by atoms with Crippen molar-refractivity contribution in [3.05, 3.63) is 64.4 Å². The lowest BCUT2D eigenvalue weighted by Crippen LogP contribution is -2.37. The predicted octanol–water partition coefficient (Wildman–Crippen LogP) is 4.11. The zero-order valence-corrected chi connectivity index (χ0v) is 15.0. The van der Waals surface area contributed by atoms with Crippen LogP contribution in [0.25, 0.3) is 0 Å². The number of halogens is 2. The second-order valence-electron chi connectivity index (χ2n) is 5.74. The second-order valence-corrected chi connectivity index (χ2v) is 6.15. The highest BCUT2D eigenvalue weighted by Gasteiger charge is 2.21. The van der Waals surface area contributed by atoms with Gasteiger partial charge in [-0.05, 0) is 38.1 Å². The van der Waals surface area contributed by atoms with Gasteiger partial charge in [0.05, 0.1) is 0 Å². The molecule has 0 aliphatic rings. The first-order valence-corrected chi connectivity index (χ1v) is 8.13. The lowest BCUT2D eigenvalue weighted by Gasteiger charge is -2.23. The number of hydrogen-bond acceptors (Lipinski definition) is 3. The molecule has 1 atom stereocenters. The van der Waals surface area contributed by atoms with E-state index in [1.807, 2.05) is 0 Å². The summed E-state index contributed by atoms with van der Waals surface area (Å²) in [6.45, 7) is 3.09. The normalized spacial score (nSPS) is 11.7. The molecule has 0 fully saturated rings. The van der Waals surface area contributed by atoms with Crippen molar-refractivity contribution in [2.24, 2.45) is 0 Å². The Balaban J connectivity index is 2.06. The van der Waals surface area contributed by atoms with E-state index < -0.39 is 11.9 Å². The summed E-state index contributed by atoms with van der Waals surface area (Å²) in [5, 5.41) is 0.266. The van der Waals surface area contributed by atoms with Crippen LogP contribution in [0.5, 0.6) is 5.75 Å². The van der Waals surface area contributed by atoms with Gasteiger partial charge in [0.2, 0.25) is 0 Å². The number of carbonyl (C=O) groups is 2. The van der Waals surface area contributed by atoms with Crippen LogP contribution in [0.3, 0.4) is 0 Å². The fourth-order valence-electron chi connectivity index (χ4n) is 2.35. The molecule has 0 heterocycles. The van der Waals surface area contributed by atoms with Gasteiger partial charge >= 0.3 is 0 Å². The van der Waals surface area contributed by atoms with E-state index in [9.17, 15) is 14.0 Å². The van der Waals surface area contributed by atoms with Gasteiger partial charge in [0.1, 0.15) is 11.6 Å². The summed E-state index contributed by atoms with van der Waals surface area (Å²) >= 11 is 5.99. The lowest BCUT2D eigenvalue weighted by atomic mass is 10.1. The van der Waals surface area contributed by atoms with E-state index in [4.69, 9.17) is 16.3 Å². The number of Topliss-reactive ketones (excluding diaryl/α,β-unsaturated/α-hetero) is 1. The minimum Gasteiger partial charge on any atom is -0.481 e. The van der Waals surface area contributed by atoms with Crippen LogP contribution in [0.2, 0.25) is 5.02 Å². The third-order valence-corrected chi connectivity index (χ3v) is 4.09. The van der Waals surface area contributed by atoms with Gasteiger partial charge in [-0.3, -0.25) is 9.59 Å². The smallest absolute Gasteiger partial charge is 0.263 e. The molecule has 4 nitrogen and oxygen atoms in total. The Kier molecular flexibility index (Phi) is 6.15. The largest absolute Gasteiger partial charge is 0.481 e. The van der Waals surface area contributed by atoms with Crippen molar-refractivity contribution in [1.82, 2.24) is 4.90 Å². The average Bonchev–Trinajstić information content (AvgIpc) is 2.57. The van der Waals surface area contributed by atoms with E-state index in [1.165, 1.54) is 24.0 Å². The Morgan fingerprint density at radius 2 is 1.92 bits per heavy atom. The highest BCUT2D eigenvalue weighted by molar-refractivity contribution is 6.31. The Morgan fingerprint density at radius 1 is 1.24 bits per heavy atom. The lowest BCUT2D eigenvalue weighted by molar-refractivity contribution is -0.137. The molecule has 2 rings (SSSR count). The molecule has 6 heteroatoms. The van der Waals surface area contributed by atoms with Gasteiger partial charge in [0.15, 0.2) is 11.9 Å². The maximum atomic E-state index is 13.9. The molecule has 0 saturated carbocycles. The summed E-state index contributed by atoms with van der Waals surface area (Å²) in [6.07, 6.45) is -0.794. The van der Waals surface area contributed by atoms with Crippen molar-refractivity contribution in [2.75, 3.05) is 7.05 Å². The van der Waals surface area contributed by atoms with Crippen molar-refractivity contribution in [3.63, 3.8) is 0 Å². The molecule has 1 unspecified atom stereocenters. The number of ketones is 1. The quantitative estimate of drug-likeness (QED) is 0.726. The highest BCUT2D eigenvalue weighted by atomic mass is 35.5. The maximum Gasteiger partial charge on any atom is 0.263 e. The first-order valence-electron chi connectivity index (χ1n) is 7.75. The molecule has 25 heavy (non-hydrogen) atoms. The van der Waals surface area contributed by atoms with Crippen molar-refractivity contribution >= 4 is 23.3 Å². The molecule has 132 valence electrons. The first-order chi connectivity index (χ1) is 11.8. The Hall–Kier alpha value is -2.40. The number of likely N-dealkylation sites (N-methyl/N-ethyl adjacent to an activating group) is 1. The molecule has 0 radical (unpaired) electrons. The van der Waals surface area contributed by atoms with Crippen molar-refractivity contribution in [3.8, 4) is 5.75 Å². The van der Waals surface area contributed by atoms with E-state index in [0.717, 1.165) is 0 Å². The van der Waals surface area contributed by atoms with Crippen molar-refractivity contribution in [1.29, 1.82) is 0 Å². The number of benzene rings is 2. The third-order valence-electron chi connectivity index (χ3n) is 3.73. The topological polar surface area (TPSA) is 46.6 Å². The summed E-state index contributed by atoms with van der Waals surface area (Å²) < 4.78 is 19.5. The van der Waals surface area contributed by atoms with Crippen LogP contribution in [0.4, 0.5) is 4.39 Å². The van der Waals surface area contributed by atoms with Gasteiger partial charge in [-0.25, -0.2) is 4.39 Å². The number of rotatable bonds is 6. The molecular formula is C19H19ClFNO3. The number of hydrogen-bond donors (Lipinski definition) is 0. The summed E-state index contributed by atoms with van der Waals surface area (Å²) in [6, 6.07) is 11.0. The van der Waals surface area contributed by atoms with Crippen LogP contribution in [0.15, 0.2) is 42.5 Å². The number of nitrogens with zero attached hydrogens (tertiary/aromatic N) is 1. The number of amides is 1. The van der Waals surface area contributed by atoms with Crippen LogP contribution in [0, 0.1) is 5.82 Å². The Morgan fingerprint density at radius 3 is 2.56 bits per heavy atom. The van der Waals surface area contributed by atoms with Crippen LogP contribution < -0.4 is 4.74 Å². The number of ether oxygens (including phenoxy) is 1. The molecule has 2 aromatic rings. The van der Waals surface area contributed by atoms with Gasteiger partial charge in [-0.1, -0.05) is 29.8 Å². The van der Waals surface area contributed by atoms with E-state index in [2.05, 4.69) is 0 Å². The van der Waals surface area contributed by atoms with Crippen LogP contribution in [0.1, 0.15) is 29.8 Å². The van der Waals surface area contributed by atoms with Crippen LogP contribution in [-0.2, 0) is 11.3 Å². The average molecular weight is 364 g/mol. The summed E-state index contributed by atoms with van der Waals surface area (Å²) in [5.74, 6) is -0.455. The monoisotopic (exact) mass is 363 g/mol. The van der Waals surface area contributed by atoms with Crippen LogP contribution in [-0.4, -0.2) is 29.7 Å². The molecule has 0 saturated heterocycles. The van der Waals surface area contributed by atoms with Gasteiger partial charge in [0.25, 0.3) is 5.91 Å². The van der Waals surface area contributed by atoms with Gasteiger partial charge < -0.3 is 9.64 Å². The van der Waals surface area contributed by atoms with Gasteiger partial charge in [0, 0.05) is 29.7 Å². The molecule has 2 aromatic carbocycles. The van der Waals surface area contributed by atoms with E-state index in [0.29, 0.717) is 11.3 Å². The summed E-state index contributed by atoms with van der Waals surface area (Å²) in [5.41, 5.74) is 0.759. The van der Waals surface area contributed by atoms with E-state index in [-0.39, 0.29) is 28.8 Å². The molecule has 1 amide bonds.